The number of rotatable bonds is 4. The maximum atomic E-state index is 13.8. The van der Waals surface area contributed by atoms with Gasteiger partial charge in [0.1, 0.15) is 18.2 Å². The Hall–Kier alpha value is -3.55. The van der Waals surface area contributed by atoms with Crippen molar-refractivity contribution in [3.05, 3.63) is 59.9 Å². The summed E-state index contributed by atoms with van der Waals surface area (Å²) in [7, 11) is 0. The SMILES string of the molecule is Cc1cc(-c2nc(-c3ccccc3)n(CC(=O)N3CCC4=NCCN4CC3)n2)ccc1F. The molecule has 0 radical (unpaired) electrons. The molecule has 3 heterocycles. The lowest BCUT2D eigenvalue weighted by Crippen LogP contribution is -2.37. The Labute approximate surface area is 186 Å². The van der Waals surface area contributed by atoms with Gasteiger partial charge in [-0.15, -0.1) is 5.10 Å². The number of aryl methyl sites for hydroxylation is 1. The number of hydrogen-bond acceptors (Lipinski definition) is 5. The largest absolute Gasteiger partial charge is 0.357 e. The molecule has 0 spiro atoms. The van der Waals surface area contributed by atoms with Crippen LogP contribution >= 0.6 is 0 Å². The quantitative estimate of drug-likeness (QED) is 0.636. The third-order valence-electron chi connectivity index (χ3n) is 6.03. The summed E-state index contributed by atoms with van der Waals surface area (Å²) in [6.07, 6.45) is 0.786. The Balaban J connectivity index is 1.43. The van der Waals surface area contributed by atoms with E-state index in [2.05, 4.69) is 15.0 Å². The molecule has 1 fully saturated rings. The standard InChI is InChI=1S/C24H25FN6O/c1-17-15-19(7-8-20(17)25)23-27-24(18-5-3-2-4-6-18)31(28-23)16-22(32)30-11-9-21-26-10-12-29(21)13-14-30/h2-8,15H,9-14,16H2,1H3. The fourth-order valence-corrected chi connectivity index (χ4v) is 4.23. The van der Waals surface area contributed by atoms with Gasteiger partial charge in [0.2, 0.25) is 5.91 Å². The molecule has 0 atom stereocenters. The molecule has 0 bridgehead atoms. The molecule has 0 aliphatic carbocycles. The van der Waals surface area contributed by atoms with E-state index in [-0.39, 0.29) is 18.3 Å². The Morgan fingerprint density at radius 1 is 1.03 bits per heavy atom. The van der Waals surface area contributed by atoms with Gasteiger partial charge in [-0.05, 0) is 30.7 Å². The molecule has 2 aliphatic heterocycles. The van der Waals surface area contributed by atoms with Crippen molar-refractivity contribution in [2.45, 2.75) is 19.9 Å². The first-order valence-corrected chi connectivity index (χ1v) is 10.9. The average Bonchev–Trinajstić information content (AvgIpc) is 3.38. The van der Waals surface area contributed by atoms with Crippen LogP contribution in [0.4, 0.5) is 4.39 Å². The average molecular weight is 433 g/mol. The third-order valence-corrected chi connectivity index (χ3v) is 6.03. The fourth-order valence-electron chi connectivity index (χ4n) is 4.23. The predicted octanol–water partition coefficient (Wildman–Crippen LogP) is 3.01. The van der Waals surface area contributed by atoms with Gasteiger partial charge in [-0.3, -0.25) is 9.79 Å². The number of carbonyl (C=O) groups is 1. The summed E-state index contributed by atoms with van der Waals surface area (Å²) in [5, 5.41) is 4.64. The number of benzene rings is 2. The highest BCUT2D eigenvalue weighted by Crippen LogP contribution is 2.24. The van der Waals surface area contributed by atoms with E-state index in [1.165, 1.54) is 6.07 Å². The van der Waals surface area contributed by atoms with Gasteiger partial charge >= 0.3 is 0 Å². The topological polar surface area (TPSA) is 66.6 Å². The zero-order chi connectivity index (χ0) is 22.1. The maximum absolute atomic E-state index is 13.8. The molecule has 1 aromatic heterocycles. The lowest BCUT2D eigenvalue weighted by molar-refractivity contribution is -0.131. The van der Waals surface area contributed by atoms with Gasteiger partial charge in [0, 0.05) is 43.7 Å². The summed E-state index contributed by atoms with van der Waals surface area (Å²) in [5.74, 6) is 1.95. The molecule has 3 aromatic rings. The smallest absolute Gasteiger partial charge is 0.244 e. The van der Waals surface area contributed by atoms with Gasteiger partial charge in [0.15, 0.2) is 11.6 Å². The molecule has 2 aliphatic rings. The minimum absolute atomic E-state index is 0.00990. The van der Waals surface area contributed by atoms with Gasteiger partial charge in [-0.2, -0.15) is 0 Å². The van der Waals surface area contributed by atoms with Crippen LogP contribution in [0.2, 0.25) is 0 Å². The van der Waals surface area contributed by atoms with E-state index in [0.717, 1.165) is 43.0 Å². The summed E-state index contributed by atoms with van der Waals surface area (Å²) in [5.41, 5.74) is 2.13. The van der Waals surface area contributed by atoms with Crippen molar-refractivity contribution in [3.63, 3.8) is 0 Å². The molecule has 0 N–H and O–H groups in total. The molecule has 1 saturated heterocycles. The number of carbonyl (C=O) groups excluding carboxylic acids is 1. The van der Waals surface area contributed by atoms with Gasteiger partial charge in [-0.1, -0.05) is 30.3 Å². The van der Waals surface area contributed by atoms with Gasteiger partial charge in [-0.25, -0.2) is 14.1 Å². The Morgan fingerprint density at radius 2 is 1.88 bits per heavy atom. The molecule has 32 heavy (non-hydrogen) atoms. The molecule has 8 heteroatoms. The first-order chi connectivity index (χ1) is 15.6. The number of aliphatic imine (C=N–C) groups is 1. The first-order valence-electron chi connectivity index (χ1n) is 10.9. The lowest BCUT2D eigenvalue weighted by atomic mass is 10.1. The second kappa shape index (κ2) is 8.53. The maximum Gasteiger partial charge on any atom is 0.244 e. The van der Waals surface area contributed by atoms with Crippen LogP contribution in [0.1, 0.15) is 12.0 Å². The molecule has 5 rings (SSSR count). The Bertz CT molecular complexity index is 1170. The highest BCUT2D eigenvalue weighted by molar-refractivity contribution is 5.85. The van der Waals surface area contributed by atoms with E-state index < -0.39 is 0 Å². The summed E-state index contributed by atoms with van der Waals surface area (Å²) < 4.78 is 15.4. The summed E-state index contributed by atoms with van der Waals surface area (Å²) in [6.45, 7) is 5.77. The molecule has 7 nitrogen and oxygen atoms in total. The van der Waals surface area contributed by atoms with Crippen molar-refractivity contribution in [1.82, 2.24) is 24.6 Å². The number of nitrogens with zero attached hydrogens (tertiary/aromatic N) is 6. The van der Waals surface area contributed by atoms with Gasteiger partial charge in [0.25, 0.3) is 0 Å². The molecular formula is C24H25FN6O. The highest BCUT2D eigenvalue weighted by atomic mass is 19.1. The van der Waals surface area contributed by atoms with E-state index in [0.29, 0.717) is 30.3 Å². The van der Waals surface area contributed by atoms with Crippen LogP contribution in [-0.4, -0.2) is 69.0 Å². The summed E-state index contributed by atoms with van der Waals surface area (Å²) >= 11 is 0. The lowest BCUT2D eigenvalue weighted by Gasteiger charge is -2.21. The van der Waals surface area contributed by atoms with E-state index in [1.807, 2.05) is 35.2 Å². The Kier molecular flexibility index (Phi) is 5.43. The molecule has 2 aromatic carbocycles. The van der Waals surface area contributed by atoms with Crippen molar-refractivity contribution in [2.75, 3.05) is 32.7 Å². The number of halogens is 1. The van der Waals surface area contributed by atoms with Crippen LogP contribution in [0.25, 0.3) is 22.8 Å². The second-order valence-electron chi connectivity index (χ2n) is 8.16. The number of amidine groups is 1. The summed E-state index contributed by atoms with van der Waals surface area (Å²) in [6, 6.07) is 14.5. The van der Waals surface area contributed by atoms with Crippen molar-refractivity contribution in [1.29, 1.82) is 0 Å². The molecule has 164 valence electrons. The summed E-state index contributed by atoms with van der Waals surface area (Å²) in [4.78, 5) is 26.6. The highest BCUT2D eigenvalue weighted by Gasteiger charge is 2.26. The van der Waals surface area contributed by atoms with E-state index in [4.69, 9.17) is 4.98 Å². The monoisotopic (exact) mass is 432 g/mol. The molecule has 0 saturated carbocycles. The number of hydrogen-bond donors (Lipinski definition) is 0. The number of aromatic nitrogens is 3. The Morgan fingerprint density at radius 3 is 2.69 bits per heavy atom. The van der Waals surface area contributed by atoms with Crippen LogP contribution in [0, 0.1) is 12.7 Å². The first kappa shape index (κ1) is 20.4. The van der Waals surface area contributed by atoms with Crippen LogP contribution in [0.5, 0.6) is 0 Å². The molecular weight excluding hydrogens is 407 g/mol. The van der Waals surface area contributed by atoms with Gasteiger partial charge in [0.05, 0.1) is 6.54 Å². The number of amides is 1. The number of fused-ring (bicyclic) bond motifs is 1. The van der Waals surface area contributed by atoms with E-state index >= 15 is 0 Å². The van der Waals surface area contributed by atoms with E-state index in [9.17, 15) is 9.18 Å². The van der Waals surface area contributed by atoms with Crippen LogP contribution in [0.15, 0.2) is 53.5 Å². The van der Waals surface area contributed by atoms with Crippen LogP contribution in [0.3, 0.4) is 0 Å². The van der Waals surface area contributed by atoms with Crippen LogP contribution in [-0.2, 0) is 11.3 Å². The molecule has 1 amide bonds. The minimum Gasteiger partial charge on any atom is -0.357 e. The fraction of sp³-hybridized carbons (Fsp3) is 0.333. The van der Waals surface area contributed by atoms with Crippen molar-refractivity contribution in [3.8, 4) is 22.8 Å². The molecule has 0 unspecified atom stereocenters. The van der Waals surface area contributed by atoms with Crippen molar-refractivity contribution >= 4 is 11.7 Å². The van der Waals surface area contributed by atoms with E-state index in [1.54, 1.807) is 23.7 Å². The normalized spacial score (nSPS) is 16.0. The predicted molar refractivity (Wildman–Crippen MR) is 121 cm³/mol. The second-order valence-corrected chi connectivity index (χ2v) is 8.16. The van der Waals surface area contributed by atoms with Gasteiger partial charge < -0.3 is 9.80 Å². The van der Waals surface area contributed by atoms with Crippen molar-refractivity contribution in [2.24, 2.45) is 4.99 Å². The minimum atomic E-state index is -0.266. The van der Waals surface area contributed by atoms with Crippen LogP contribution < -0.4 is 0 Å². The third kappa shape index (κ3) is 4.00. The zero-order valence-electron chi connectivity index (χ0n) is 18.0. The van der Waals surface area contributed by atoms with Crippen molar-refractivity contribution < 1.29 is 9.18 Å². The zero-order valence-corrected chi connectivity index (χ0v) is 18.0.